The number of amides is 1. The highest BCUT2D eigenvalue weighted by Gasteiger charge is 2.26. The molecule has 2 aromatic rings. The van der Waals surface area contributed by atoms with Crippen molar-refractivity contribution in [2.75, 3.05) is 14.2 Å². The fourth-order valence-electron chi connectivity index (χ4n) is 4.81. The Bertz CT molecular complexity index is 957. The first-order chi connectivity index (χ1) is 16.3. The fraction of sp³-hybridized carbons (Fsp3) is 0.577. The zero-order valence-electron chi connectivity index (χ0n) is 20.7. The quantitative estimate of drug-likeness (QED) is 0.490. The van der Waals surface area contributed by atoms with Gasteiger partial charge in [0.2, 0.25) is 0 Å². The number of carbonyl (C=O) groups is 2. The van der Waals surface area contributed by atoms with E-state index < -0.39 is 12.0 Å². The predicted octanol–water partition coefficient (Wildman–Crippen LogP) is 4.77. The number of carboxylic acids is 1. The van der Waals surface area contributed by atoms with Crippen LogP contribution in [0.3, 0.4) is 0 Å². The van der Waals surface area contributed by atoms with Crippen molar-refractivity contribution in [3.05, 3.63) is 30.0 Å². The Morgan fingerprint density at radius 1 is 1.15 bits per heavy atom. The highest BCUT2D eigenvalue weighted by Crippen LogP contribution is 2.38. The Labute approximate surface area is 201 Å². The molecule has 0 unspecified atom stereocenters. The van der Waals surface area contributed by atoms with E-state index in [1.165, 1.54) is 19.3 Å². The standard InChI is InChI=1S/C26H37N3O5/c1-17(2)13-19(14-24(30)31)27-26(32)21-15-20(25-22(33-3)11-8-12-23(25)34-4)28-29(21)16-18-9-6-5-7-10-18/h8,11-12,15,17-19H,5-7,9-10,13-14,16H2,1-4H3,(H,27,32)(H,30,31)/t19-/m0/s1. The van der Waals surface area contributed by atoms with Gasteiger partial charge in [0.1, 0.15) is 22.9 Å². The van der Waals surface area contributed by atoms with Crippen molar-refractivity contribution < 1.29 is 24.2 Å². The molecule has 1 aliphatic carbocycles. The average Bonchev–Trinajstić information content (AvgIpc) is 3.21. The van der Waals surface area contributed by atoms with Crippen LogP contribution in [0.1, 0.15) is 69.3 Å². The number of aromatic nitrogens is 2. The second-order valence-electron chi connectivity index (χ2n) is 9.54. The van der Waals surface area contributed by atoms with Crippen molar-refractivity contribution in [2.24, 2.45) is 11.8 Å². The molecule has 1 aromatic heterocycles. The summed E-state index contributed by atoms with van der Waals surface area (Å²) >= 11 is 0. The smallest absolute Gasteiger partial charge is 0.305 e. The summed E-state index contributed by atoms with van der Waals surface area (Å²) < 4.78 is 12.9. The summed E-state index contributed by atoms with van der Waals surface area (Å²) in [6, 6.07) is 6.82. The average molecular weight is 472 g/mol. The van der Waals surface area contributed by atoms with Gasteiger partial charge in [-0.25, -0.2) is 0 Å². The Kier molecular flexibility index (Phi) is 8.96. The molecule has 3 rings (SSSR count). The maximum Gasteiger partial charge on any atom is 0.305 e. The maximum absolute atomic E-state index is 13.4. The second kappa shape index (κ2) is 11.9. The van der Waals surface area contributed by atoms with E-state index in [-0.39, 0.29) is 18.2 Å². The van der Waals surface area contributed by atoms with Crippen LogP contribution < -0.4 is 14.8 Å². The van der Waals surface area contributed by atoms with Crippen LogP contribution in [0.2, 0.25) is 0 Å². The van der Waals surface area contributed by atoms with E-state index in [0.29, 0.717) is 47.3 Å². The fourth-order valence-corrected chi connectivity index (χ4v) is 4.81. The Hall–Kier alpha value is -3.03. The van der Waals surface area contributed by atoms with Gasteiger partial charge in [0, 0.05) is 12.6 Å². The summed E-state index contributed by atoms with van der Waals surface area (Å²) in [5.41, 5.74) is 1.70. The SMILES string of the molecule is COc1cccc(OC)c1-c1cc(C(=O)N[C@H](CC(=O)O)CC(C)C)n(CC2CCCCC2)n1. The summed E-state index contributed by atoms with van der Waals surface area (Å²) in [5, 5.41) is 17.1. The van der Waals surface area contributed by atoms with E-state index in [9.17, 15) is 14.7 Å². The molecule has 0 aliphatic heterocycles. The zero-order valence-corrected chi connectivity index (χ0v) is 20.7. The number of benzene rings is 1. The Balaban J connectivity index is 1.98. The number of carboxylic acid groups (broad SMARTS) is 1. The van der Waals surface area contributed by atoms with Crippen molar-refractivity contribution in [3.8, 4) is 22.8 Å². The molecule has 2 N–H and O–H groups in total. The summed E-state index contributed by atoms with van der Waals surface area (Å²) in [7, 11) is 3.18. The van der Waals surface area contributed by atoms with E-state index in [1.807, 2.05) is 32.0 Å². The number of rotatable bonds is 11. The minimum absolute atomic E-state index is 0.117. The maximum atomic E-state index is 13.4. The topological polar surface area (TPSA) is 103 Å². The number of methoxy groups -OCH3 is 2. The third-order valence-corrected chi connectivity index (χ3v) is 6.36. The molecule has 0 saturated heterocycles. The number of hydrogen-bond acceptors (Lipinski definition) is 5. The van der Waals surface area contributed by atoms with Crippen LogP contribution in [-0.4, -0.2) is 47.0 Å². The van der Waals surface area contributed by atoms with Crippen LogP contribution >= 0.6 is 0 Å². The summed E-state index contributed by atoms with van der Waals surface area (Å²) in [6.45, 7) is 4.68. The predicted molar refractivity (Wildman–Crippen MR) is 130 cm³/mol. The van der Waals surface area contributed by atoms with E-state index in [4.69, 9.17) is 14.6 Å². The molecular weight excluding hydrogens is 434 g/mol. The molecular formula is C26H37N3O5. The largest absolute Gasteiger partial charge is 0.496 e. The number of nitrogens with one attached hydrogen (secondary N) is 1. The van der Waals surface area contributed by atoms with Crippen LogP contribution in [0.5, 0.6) is 11.5 Å². The monoisotopic (exact) mass is 471 g/mol. The Morgan fingerprint density at radius 2 is 1.79 bits per heavy atom. The molecule has 0 spiro atoms. The molecule has 8 heteroatoms. The minimum atomic E-state index is -0.930. The van der Waals surface area contributed by atoms with Gasteiger partial charge in [-0.2, -0.15) is 5.10 Å². The van der Waals surface area contributed by atoms with Gasteiger partial charge in [-0.3, -0.25) is 14.3 Å². The molecule has 8 nitrogen and oxygen atoms in total. The molecule has 1 aromatic carbocycles. The van der Waals surface area contributed by atoms with Crippen molar-refractivity contribution in [1.29, 1.82) is 0 Å². The lowest BCUT2D eigenvalue weighted by Gasteiger charge is -2.23. The third kappa shape index (κ3) is 6.52. The molecule has 1 fully saturated rings. The first-order valence-corrected chi connectivity index (χ1v) is 12.1. The summed E-state index contributed by atoms with van der Waals surface area (Å²) in [5.74, 6) is 0.689. The first-order valence-electron chi connectivity index (χ1n) is 12.1. The normalized spacial score (nSPS) is 15.2. The lowest BCUT2D eigenvalue weighted by molar-refractivity contribution is -0.137. The number of ether oxygens (including phenoxy) is 2. The van der Waals surface area contributed by atoms with E-state index in [1.54, 1.807) is 25.0 Å². The Morgan fingerprint density at radius 3 is 2.35 bits per heavy atom. The molecule has 1 heterocycles. The van der Waals surface area contributed by atoms with Gasteiger partial charge in [-0.15, -0.1) is 0 Å². The lowest BCUT2D eigenvalue weighted by Crippen LogP contribution is -2.38. The number of hydrogen-bond donors (Lipinski definition) is 2. The van der Waals surface area contributed by atoms with E-state index in [2.05, 4.69) is 5.32 Å². The molecule has 1 atom stereocenters. The van der Waals surface area contributed by atoms with E-state index >= 15 is 0 Å². The minimum Gasteiger partial charge on any atom is -0.496 e. The van der Waals surface area contributed by atoms with Gasteiger partial charge in [-0.05, 0) is 49.3 Å². The summed E-state index contributed by atoms with van der Waals surface area (Å²) in [4.78, 5) is 24.8. The lowest BCUT2D eigenvalue weighted by atomic mass is 9.89. The van der Waals surface area contributed by atoms with Gasteiger partial charge >= 0.3 is 5.97 Å². The van der Waals surface area contributed by atoms with Crippen LogP contribution in [0, 0.1) is 11.8 Å². The van der Waals surface area contributed by atoms with Crippen molar-refractivity contribution in [2.45, 2.75) is 71.4 Å². The van der Waals surface area contributed by atoms with Crippen LogP contribution in [0.25, 0.3) is 11.3 Å². The second-order valence-corrected chi connectivity index (χ2v) is 9.54. The highest BCUT2D eigenvalue weighted by atomic mass is 16.5. The van der Waals surface area contributed by atoms with Crippen LogP contribution in [0.15, 0.2) is 24.3 Å². The first kappa shape index (κ1) is 25.6. The van der Waals surface area contributed by atoms with Gasteiger partial charge in [0.25, 0.3) is 5.91 Å². The van der Waals surface area contributed by atoms with Gasteiger partial charge in [0.05, 0.1) is 26.2 Å². The van der Waals surface area contributed by atoms with Crippen molar-refractivity contribution in [1.82, 2.24) is 15.1 Å². The van der Waals surface area contributed by atoms with Gasteiger partial charge in [-0.1, -0.05) is 39.2 Å². The highest BCUT2D eigenvalue weighted by molar-refractivity contribution is 5.94. The number of carbonyl (C=O) groups excluding carboxylic acids is 1. The van der Waals surface area contributed by atoms with Crippen molar-refractivity contribution in [3.63, 3.8) is 0 Å². The third-order valence-electron chi connectivity index (χ3n) is 6.36. The van der Waals surface area contributed by atoms with E-state index in [0.717, 1.165) is 12.8 Å². The van der Waals surface area contributed by atoms with Gasteiger partial charge < -0.3 is 19.9 Å². The molecule has 34 heavy (non-hydrogen) atoms. The number of aliphatic carboxylic acids is 1. The summed E-state index contributed by atoms with van der Waals surface area (Å²) in [6.07, 6.45) is 6.33. The van der Waals surface area contributed by atoms with Crippen LogP contribution in [-0.2, 0) is 11.3 Å². The van der Waals surface area contributed by atoms with Crippen molar-refractivity contribution >= 4 is 11.9 Å². The molecule has 0 bridgehead atoms. The van der Waals surface area contributed by atoms with Crippen LogP contribution in [0.4, 0.5) is 0 Å². The molecule has 0 radical (unpaired) electrons. The molecule has 1 aliphatic rings. The van der Waals surface area contributed by atoms with Gasteiger partial charge in [0.15, 0.2) is 0 Å². The molecule has 1 amide bonds. The number of nitrogens with zero attached hydrogens (tertiary/aromatic N) is 2. The molecule has 1 saturated carbocycles. The molecule has 186 valence electrons. The zero-order chi connectivity index (χ0) is 24.7.